The molecule has 1 rings (SSSR count). The van der Waals surface area contributed by atoms with Crippen molar-refractivity contribution in [2.75, 3.05) is 33.4 Å². The third kappa shape index (κ3) is 4.69. The van der Waals surface area contributed by atoms with Crippen molar-refractivity contribution in [1.82, 2.24) is 15.6 Å². The Kier molecular flexibility index (Phi) is 5.99. The Labute approximate surface area is 99.2 Å². The Balaban J connectivity index is 2.11. The number of nitrogens with zero attached hydrogens (tertiary/aromatic N) is 1. The first-order chi connectivity index (χ1) is 7.74. The Morgan fingerprint density at radius 3 is 2.94 bits per heavy atom. The van der Waals surface area contributed by atoms with Gasteiger partial charge in [0, 0.05) is 32.1 Å². The minimum absolute atomic E-state index is 0.113. The van der Waals surface area contributed by atoms with E-state index in [1.54, 1.807) is 12.5 Å². The largest absolute Gasteiger partial charge is 0.383 e. The summed E-state index contributed by atoms with van der Waals surface area (Å²) in [6.07, 6.45) is 0. The van der Waals surface area contributed by atoms with Gasteiger partial charge in [-0.05, 0) is 6.92 Å². The molecule has 0 radical (unpaired) electrons. The summed E-state index contributed by atoms with van der Waals surface area (Å²) in [5.41, 5.74) is 0.499. The van der Waals surface area contributed by atoms with Gasteiger partial charge >= 0.3 is 0 Å². The standard InChI is InChI=1S/C10H17N3O2S/c1-8-13-9(7-16-8)10(14)12-4-3-11-5-6-15-2/h7,11H,3-6H2,1-2H3,(H,12,14). The molecule has 2 N–H and O–H groups in total. The fraction of sp³-hybridized carbons (Fsp3) is 0.600. The van der Waals surface area contributed by atoms with Crippen LogP contribution >= 0.6 is 11.3 Å². The average molecular weight is 243 g/mol. The number of nitrogens with one attached hydrogen (secondary N) is 2. The fourth-order valence-electron chi connectivity index (χ4n) is 1.12. The molecular weight excluding hydrogens is 226 g/mol. The van der Waals surface area contributed by atoms with Crippen molar-refractivity contribution in [3.63, 3.8) is 0 Å². The summed E-state index contributed by atoms with van der Waals surface area (Å²) < 4.78 is 4.88. The molecule has 0 unspecified atom stereocenters. The molecule has 0 aromatic carbocycles. The highest BCUT2D eigenvalue weighted by Crippen LogP contribution is 2.06. The second kappa shape index (κ2) is 7.32. The Morgan fingerprint density at radius 2 is 2.31 bits per heavy atom. The lowest BCUT2D eigenvalue weighted by molar-refractivity contribution is 0.0949. The Bertz CT molecular complexity index is 328. The lowest BCUT2D eigenvalue weighted by atomic mass is 10.4. The number of hydrogen-bond donors (Lipinski definition) is 2. The highest BCUT2D eigenvalue weighted by Gasteiger charge is 2.07. The van der Waals surface area contributed by atoms with Crippen molar-refractivity contribution in [2.45, 2.75) is 6.92 Å². The van der Waals surface area contributed by atoms with Gasteiger partial charge in [0.2, 0.25) is 0 Å². The molecule has 0 bridgehead atoms. The van der Waals surface area contributed by atoms with Gasteiger partial charge in [0.25, 0.3) is 5.91 Å². The molecule has 6 heteroatoms. The van der Waals surface area contributed by atoms with Crippen LogP contribution in [0.4, 0.5) is 0 Å². The summed E-state index contributed by atoms with van der Waals surface area (Å²) in [5.74, 6) is -0.113. The van der Waals surface area contributed by atoms with Crippen molar-refractivity contribution in [3.05, 3.63) is 16.1 Å². The van der Waals surface area contributed by atoms with Crippen LogP contribution in [0.2, 0.25) is 0 Å². The van der Waals surface area contributed by atoms with Crippen LogP contribution in [0, 0.1) is 6.92 Å². The summed E-state index contributed by atoms with van der Waals surface area (Å²) in [6.45, 7) is 4.69. The Hall–Kier alpha value is -0.980. The number of aryl methyl sites for hydroxylation is 1. The summed E-state index contributed by atoms with van der Waals surface area (Å²) in [7, 11) is 1.66. The van der Waals surface area contributed by atoms with Crippen molar-refractivity contribution in [2.24, 2.45) is 0 Å². The predicted molar refractivity (Wildman–Crippen MR) is 63.9 cm³/mol. The van der Waals surface area contributed by atoms with Crippen molar-refractivity contribution in [1.29, 1.82) is 0 Å². The Morgan fingerprint density at radius 1 is 1.50 bits per heavy atom. The van der Waals surface area contributed by atoms with Crippen molar-refractivity contribution < 1.29 is 9.53 Å². The lowest BCUT2D eigenvalue weighted by Crippen LogP contribution is -2.33. The molecule has 16 heavy (non-hydrogen) atoms. The van der Waals surface area contributed by atoms with Crippen LogP contribution in [0.3, 0.4) is 0 Å². The summed E-state index contributed by atoms with van der Waals surface area (Å²) in [5, 5.41) is 8.60. The van der Waals surface area contributed by atoms with E-state index in [0.29, 0.717) is 18.8 Å². The topological polar surface area (TPSA) is 63.2 Å². The molecule has 0 saturated carbocycles. The SMILES string of the molecule is COCCNCCNC(=O)c1csc(C)n1. The van der Waals surface area contributed by atoms with Gasteiger partial charge in [-0.25, -0.2) is 4.98 Å². The average Bonchev–Trinajstić information content (AvgIpc) is 2.70. The highest BCUT2D eigenvalue weighted by atomic mass is 32.1. The molecule has 0 aliphatic carbocycles. The van der Waals surface area contributed by atoms with Crippen LogP contribution < -0.4 is 10.6 Å². The van der Waals surface area contributed by atoms with E-state index in [9.17, 15) is 4.79 Å². The van der Waals surface area contributed by atoms with E-state index in [2.05, 4.69) is 15.6 Å². The second-order valence-corrected chi connectivity index (χ2v) is 4.31. The van der Waals surface area contributed by atoms with Crippen LogP contribution in [0.15, 0.2) is 5.38 Å². The van der Waals surface area contributed by atoms with E-state index in [4.69, 9.17) is 4.74 Å². The van der Waals surface area contributed by atoms with E-state index in [-0.39, 0.29) is 5.91 Å². The maximum atomic E-state index is 11.5. The number of ether oxygens (including phenoxy) is 1. The van der Waals surface area contributed by atoms with Gasteiger partial charge in [-0.15, -0.1) is 11.3 Å². The molecule has 1 amide bonds. The molecule has 0 saturated heterocycles. The van der Waals surface area contributed by atoms with Crippen LogP contribution in [-0.2, 0) is 4.74 Å². The zero-order chi connectivity index (χ0) is 11.8. The van der Waals surface area contributed by atoms with E-state index < -0.39 is 0 Å². The van der Waals surface area contributed by atoms with Crippen molar-refractivity contribution >= 4 is 17.2 Å². The van der Waals surface area contributed by atoms with E-state index in [1.807, 2.05) is 6.92 Å². The number of amides is 1. The van der Waals surface area contributed by atoms with Gasteiger partial charge in [-0.2, -0.15) is 0 Å². The fourth-order valence-corrected chi connectivity index (χ4v) is 1.71. The number of rotatable bonds is 7. The molecule has 0 fully saturated rings. The molecule has 1 aromatic heterocycles. The van der Waals surface area contributed by atoms with Gasteiger partial charge in [0.1, 0.15) is 5.69 Å². The summed E-state index contributed by atoms with van der Waals surface area (Å²) in [4.78, 5) is 15.6. The third-order valence-electron chi connectivity index (χ3n) is 1.92. The number of carbonyl (C=O) groups is 1. The molecular formula is C10H17N3O2S. The molecule has 0 aliphatic rings. The molecule has 1 heterocycles. The zero-order valence-electron chi connectivity index (χ0n) is 9.58. The summed E-state index contributed by atoms with van der Waals surface area (Å²) in [6, 6.07) is 0. The second-order valence-electron chi connectivity index (χ2n) is 3.25. The van der Waals surface area contributed by atoms with Crippen LogP contribution in [0.5, 0.6) is 0 Å². The number of aromatic nitrogens is 1. The quantitative estimate of drug-likeness (QED) is 0.681. The van der Waals surface area contributed by atoms with Gasteiger partial charge in [0.05, 0.1) is 11.6 Å². The molecule has 0 aliphatic heterocycles. The number of carbonyl (C=O) groups excluding carboxylic acids is 1. The zero-order valence-corrected chi connectivity index (χ0v) is 10.4. The maximum absolute atomic E-state index is 11.5. The number of methoxy groups -OCH3 is 1. The minimum Gasteiger partial charge on any atom is -0.383 e. The first kappa shape index (κ1) is 13.1. The summed E-state index contributed by atoms with van der Waals surface area (Å²) >= 11 is 1.48. The molecule has 90 valence electrons. The smallest absolute Gasteiger partial charge is 0.270 e. The number of hydrogen-bond acceptors (Lipinski definition) is 5. The van der Waals surface area contributed by atoms with Crippen LogP contribution in [-0.4, -0.2) is 44.2 Å². The minimum atomic E-state index is -0.113. The normalized spacial score (nSPS) is 10.4. The first-order valence-corrected chi connectivity index (χ1v) is 6.02. The van der Waals surface area contributed by atoms with Gasteiger partial charge in [-0.3, -0.25) is 4.79 Å². The highest BCUT2D eigenvalue weighted by molar-refractivity contribution is 7.09. The van der Waals surface area contributed by atoms with E-state index >= 15 is 0 Å². The van der Waals surface area contributed by atoms with Gasteiger partial charge in [0.15, 0.2) is 0 Å². The molecule has 5 nitrogen and oxygen atoms in total. The van der Waals surface area contributed by atoms with Gasteiger partial charge in [-0.1, -0.05) is 0 Å². The van der Waals surface area contributed by atoms with Crippen molar-refractivity contribution in [3.8, 4) is 0 Å². The molecule has 0 atom stereocenters. The molecule has 0 spiro atoms. The van der Waals surface area contributed by atoms with Crippen LogP contribution in [0.1, 0.15) is 15.5 Å². The number of thiazole rings is 1. The maximum Gasteiger partial charge on any atom is 0.270 e. The lowest BCUT2D eigenvalue weighted by Gasteiger charge is -2.04. The first-order valence-electron chi connectivity index (χ1n) is 5.14. The van der Waals surface area contributed by atoms with Crippen LogP contribution in [0.25, 0.3) is 0 Å². The van der Waals surface area contributed by atoms with E-state index in [1.165, 1.54) is 11.3 Å². The van der Waals surface area contributed by atoms with E-state index in [0.717, 1.165) is 18.1 Å². The molecule has 1 aromatic rings. The van der Waals surface area contributed by atoms with Gasteiger partial charge < -0.3 is 15.4 Å². The third-order valence-corrected chi connectivity index (χ3v) is 2.70. The predicted octanol–water partition coefficient (Wildman–Crippen LogP) is 0.417. The monoisotopic (exact) mass is 243 g/mol.